The molecule has 1 aliphatic carbocycles. The largest absolute Gasteiger partial charge is 0.439 e. The Balaban J connectivity index is 1.73. The fraction of sp³-hybridized carbons (Fsp3) is 0.353. The van der Waals surface area contributed by atoms with Crippen molar-refractivity contribution >= 4 is 11.6 Å². The summed E-state index contributed by atoms with van der Waals surface area (Å²) in [6.07, 6.45) is 5.16. The number of benzene rings is 1. The fourth-order valence-corrected chi connectivity index (χ4v) is 2.31. The Morgan fingerprint density at radius 1 is 1.33 bits per heavy atom. The van der Waals surface area contributed by atoms with Gasteiger partial charge in [-0.1, -0.05) is 30.7 Å². The number of hydrogen-bond acceptors (Lipinski definition) is 3. The summed E-state index contributed by atoms with van der Waals surface area (Å²) in [6.45, 7) is 2.89. The zero-order valence-electron chi connectivity index (χ0n) is 12.1. The van der Waals surface area contributed by atoms with Gasteiger partial charge in [0.25, 0.3) is 0 Å². The smallest absolute Gasteiger partial charge is 0.219 e. The number of halogens is 1. The van der Waals surface area contributed by atoms with Crippen LogP contribution in [0.25, 0.3) is 0 Å². The molecule has 2 aromatic rings. The van der Waals surface area contributed by atoms with E-state index in [1.165, 1.54) is 18.4 Å². The van der Waals surface area contributed by atoms with Crippen LogP contribution >= 0.6 is 11.6 Å². The topological polar surface area (TPSA) is 34.1 Å². The highest BCUT2D eigenvalue weighted by atomic mass is 35.5. The summed E-state index contributed by atoms with van der Waals surface area (Å²) >= 11 is 6.19. The molecular weight excluding hydrogens is 284 g/mol. The molecule has 110 valence electrons. The molecule has 1 aromatic heterocycles. The van der Waals surface area contributed by atoms with Crippen molar-refractivity contribution in [3.63, 3.8) is 0 Å². The molecule has 0 saturated heterocycles. The lowest BCUT2D eigenvalue weighted by atomic mass is 10.2. The number of aryl methyl sites for hydroxylation is 1. The fourth-order valence-electron chi connectivity index (χ4n) is 2.14. The standard InChI is InChI=1S/C17H19ClN2O/c1-2-12-4-3-5-15(8-12)21-17-9-13(16(18)11-20-17)10-19-14-6-7-14/h3-5,8-9,11,14,19H,2,6-7,10H2,1H3. The van der Waals surface area contributed by atoms with Crippen molar-refractivity contribution in [1.29, 1.82) is 0 Å². The van der Waals surface area contributed by atoms with E-state index in [2.05, 4.69) is 23.3 Å². The highest BCUT2D eigenvalue weighted by Crippen LogP contribution is 2.26. The maximum atomic E-state index is 6.19. The van der Waals surface area contributed by atoms with Crippen molar-refractivity contribution in [1.82, 2.24) is 10.3 Å². The molecule has 0 radical (unpaired) electrons. The van der Waals surface area contributed by atoms with Crippen molar-refractivity contribution in [2.75, 3.05) is 0 Å². The number of nitrogens with zero attached hydrogens (tertiary/aromatic N) is 1. The molecular formula is C17H19ClN2O. The van der Waals surface area contributed by atoms with Crippen LogP contribution in [0.4, 0.5) is 0 Å². The second-order valence-corrected chi connectivity index (χ2v) is 5.78. The number of hydrogen-bond donors (Lipinski definition) is 1. The molecule has 1 aromatic carbocycles. The monoisotopic (exact) mass is 302 g/mol. The lowest BCUT2D eigenvalue weighted by molar-refractivity contribution is 0.461. The van der Waals surface area contributed by atoms with Crippen molar-refractivity contribution in [2.45, 2.75) is 38.8 Å². The minimum atomic E-state index is 0.584. The predicted octanol–water partition coefficient (Wildman–Crippen LogP) is 4.34. The van der Waals surface area contributed by atoms with Gasteiger partial charge in [-0.25, -0.2) is 4.98 Å². The molecule has 3 rings (SSSR count). The summed E-state index contributed by atoms with van der Waals surface area (Å²) in [5.74, 6) is 1.39. The van der Waals surface area contributed by atoms with Gasteiger partial charge in [0.1, 0.15) is 5.75 Å². The van der Waals surface area contributed by atoms with E-state index in [4.69, 9.17) is 16.3 Å². The first kappa shape index (κ1) is 14.4. The lowest BCUT2D eigenvalue weighted by Gasteiger charge is -2.09. The Morgan fingerprint density at radius 3 is 2.95 bits per heavy atom. The third-order valence-corrected chi connectivity index (χ3v) is 3.94. The third-order valence-electron chi connectivity index (χ3n) is 3.60. The molecule has 0 atom stereocenters. The Labute approximate surface area is 130 Å². The van der Waals surface area contributed by atoms with Gasteiger partial charge in [0.05, 0.1) is 5.02 Å². The van der Waals surface area contributed by atoms with Crippen LogP contribution in [0.2, 0.25) is 5.02 Å². The van der Waals surface area contributed by atoms with Crippen LogP contribution in [0.15, 0.2) is 36.5 Å². The summed E-state index contributed by atoms with van der Waals surface area (Å²) in [5.41, 5.74) is 2.28. The summed E-state index contributed by atoms with van der Waals surface area (Å²) in [5, 5.41) is 4.13. The van der Waals surface area contributed by atoms with Gasteiger partial charge in [-0.15, -0.1) is 0 Å². The molecule has 1 heterocycles. The van der Waals surface area contributed by atoms with Gasteiger partial charge in [0.2, 0.25) is 5.88 Å². The van der Waals surface area contributed by atoms with E-state index in [0.717, 1.165) is 24.3 Å². The van der Waals surface area contributed by atoms with Crippen molar-refractivity contribution in [2.24, 2.45) is 0 Å². The van der Waals surface area contributed by atoms with Gasteiger partial charge < -0.3 is 10.1 Å². The summed E-state index contributed by atoms with van der Waals surface area (Å²) in [6, 6.07) is 10.6. The van der Waals surface area contributed by atoms with Gasteiger partial charge in [-0.2, -0.15) is 0 Å². The molecule has 4 heteroatoms. The van der Waals surface area contributed by atoms with E-state index in [1.54, 1.807) is 6.20 Å². The van der Waals surface area contributed by atoms with Gasteiger partial charge in [-0.05, 0) is 42.5 Å². The van der Waals surface area contributed by atoms with Gasteiger partial charge in [0.15, 0.2) is 0 Å². The number of nitrogens with one attached hydrogen (secondary N) is 1. The average Bonchev–Trinajstić information content (AvgIpc) is 3.32. The second kappa shape index (κ2) is 6.46. The van der Waals surface area contributed by atoms with E-state index in [0.29, 0.717) is 16.9 Å². The zero-order valence-corrected chi connectivity index (χ0v) is 12.9. The molecule has 1 fully saturated rings. The van der Waals surface area contributed by atoms with E-state index in [9.17, 15) is 0 Å². The minimum absolute atomic E-state index is 0.584. The minimum Gasteiger partial charge on any atom is -0.439 e. The molecule has 1 N–H and O–H groups in total. The highest BCUT2D eigenvalue weighted by molar-refractivity contribution is 6.31. The highest BCUT2D eigenvalue weighted by Gasteiger charge is 2.20. The summed E-state index contributed by atoms with van der Waals surface area (Å²) < 4.78 is 5.84. The molecule has 0 spiro atoms. The molecule has 1 saturated carbocycles. The normalized spacial score (nSPS) is 14.2. The maximum absolute atomic E-state index is 6.19. The first-order valence-corrected chi connectivity index (χ1v) is 7.77. The molecule has 0 bridgehead atoms. The van der Waals surface area contributed by atoms with Crippen molar-refractivity contribution < 1.29 is 4.74 Å². The SMILES string of the molecule is CCc1cccc(Oc2cc(CNC3CC3)c(Cl)cn2)c1. The molecule has 1 aliphatic rings. The molecule has 0 unspecified atom stereocenters. The van der Waals surface area contributed by atoms with Crippen molar-refractivity contribution in [3.05, 3.63) is 52.7 Å². The van der Waals surface area contributed by atoms with E-state index < -0.39 is 0 Å². The van der Waals surface area contributed by atoms with Crippen LogP contribution in [-0.2, 0) is 13.0 Å². The molecule has 21 heavy (non-hydrogen) atoms. The number of rotatable bonds is 6. The van der Waals surface area contributed by atoms with Crippen LogP contribution in [0.3, 0.4) is 0 Å². The Bertz CT molecular complexity index is 626. The average molecular weight is 303 g/mol. The number of aromatic nitrogens is 1. The molecule has 0 aliphatic heterocycles. The van der Waals surface area contributed by atoms with E-state index >= 15 is 0 Å². The van der Waals surface area contributed by atoms with Crippen molar-refractivity contribution in [3.8, 4) is 11.6 Å². The van der Waals surface area contributed by atoms with Crippen LogP contribution in [0, 0.1) is 0 Å². The Kier molecular flexibility index (Phi) is 4.42. The Hall–Kier alpha value is -1.58. The van der Waals surface area contributed by atoms with E-state index in [-0.39, 0.29) is 0 Å². The first-order valence-electron chi connectivity index (χ1n) is 7.39. The van der Waals surface area contributed by atoms with Gasteiger partial charge in [-0.3, -0.25) is 0 Å². The summed E-state index contributed by atoms with van der Waals surface area (Å²) in [7, 11) is 0. The van der Waals surface area contributed by atoms with Gasteiger partial charge >= 0.3 is 0 Å². The molecule has 3 nitrogen and oxygen atoms in total. The lowest BCUT2D eigenvalue weighted by Crippen LogP contribution is -2.15. The van der Waals surface area contributed by atoms with Crippen LogP contribution < -0.4 is 10.1 Å². The second-order valence-electron chi connectivity index (χ2n) is 5.37. The number of ether oxygens (including phenoxy) is 1. The van der Waals surface area contributed by atoms with E-state index in [1.807, 2.05) is 24.3 Å². The zero-order chi connectivity index (χ0) is 14.7. The van der Waals surface area contributed by atoms with Crippen LogP contribution in [0.1, 0.15) is 30.9 Å². The Morgan fingerprint density at radius 2 is 2.19 bits per heavy atom. The van der Waals surface area contributed by atoms with Crippen LogP contribution in [-0.4, -0.2) is 11.0 Å². The quantitative estimate of drug-likeness (QED) is 0.862. The maximum Gasteiger partial charge on any atom is 0.219 e. The summed E-state index contributed by atoms with van der Waals surface area (Å²) in [4.78, 5) is 4.25. The van der Waals surface area contributed by atoms with Gasteiger partial charge in [0, 0.05) is 24.8 Å². The predicted molar refractivity (Wildman–Crippen MR) is 85.0 cm³/mol. The number of pyridine rings is 1. The first-order chi connectivity index (χ1) is 10.2. The third kappa shape index (κ3) is 3.96. The molecule has 0 amide bonds. The van der Waals surface area contributed by atoms with Crippen LogP contribution in [0.5, 0.6) is 11.6 Å².